The Morgan fingerprint density at radius 3 is 2.89 bits per heavy atom. The monoisotopic (exact) mass is 262 g/mol. The first kappa shape index (κ1) is 14.5. The number of hydrogen-bond acceptors (Lipinski definition) is 3. The van der Waals surface area contributed by atoms with E-state index in [9.17, 15) is 0 Å². The molecule has 1 saturated heterocycles. The van der Waals surface area contributed by atoms with E-state index in [0.717, 1.165) is 32.5 Å². The minimum Gasteiger partial charge on any atom is -0.385 e. The molecule has 0 saturated carbocycles. The molecule has 0 bridgehead atoms. The highest BCUT2D eigenvalue weighted by atomic mass is 16.5. The summed E-state index contributed by atoms with van der Waals surface area (Å²) in [4.78, 5) is 2.51. The van der Waals surface area contributed by atoms with E-state index in [1.165, 1.54) is 18.5 Å². The summed E-state index contributed by atoms with van der Waals surface area (Å²) >= 11 is 0. The molecule has 2 atom stereocenters. The van der Waals surface area contributed by atoms with Crippen LogP contribution in [0, 0.1) is 0 Å². The molecule has 0 amide bonds. The van der Waals surface area contributed by atoms with Gasteiger partial charge in [-0.1, -0.05) is 30.3 Å². The Balaban J connectivity index is 1.73. The lowest BCUT2D eigenvalue weighted by molar-refractivity contribution is 0.187. The van der Waals surface area contributed by atoms with E-state index in [4.69, 9.17) is 10.5 Å². The lowest BCUT2D eigenvalue weighted by atomic mass is 9.99. The predicted octanol–water partition coefficient (Wildman–Crippen LogP) is 2.23. The van der Waals surface area contributed by atoms with Crippen molar-refractivity contribution in [1.29, 1.82) is 0 Å². The van der Waals surface area contributed by atoms with Crippen molar-refractivity contribution in [2.45, 2.75) is 31.2 Å². The molecule has 3 heteroatoms. The van der Waals surface area contributed by atoms with E-state index in [1.54, 1.807) is 7.11 Å². The largest absolute Gasteiger partial charge is 0.385 e. The van der Waals surface area contributed by atoms with E-state index >= 15 is 0 Å². The highest BCUT2D eigenvalue weighted by Gasteiger charge is 2.24. The minimum absolute atomic E-state index is 0.282. The molecular weight excluding hydrogens is 236 g/mol. The van der Waals surface area contributed by atoms with Crippen LogP contribution in [0.15, 0.2) is 30.3 Å². The molecule has 1 aliphatic rings. The molecule has 2 rings (SSSR count). The number of ether oxygens (including phenoxy) is 1. The summed E-state index contributed by atoms with van der Waals surface area (Å²) in [7, 11) is 1.75. The van der Waals surface area contributed by atoms with E-state index in [1.807, 2.05) is 0 Å². The molecule has 1 heterocycles. The zero-order chi connectivity index (χ0) is 13.5. The summed E-state index contributed by atoms with van der Waals surface area (Å²) in [6.45, 7) is 4.17. The second-order valence-electron chi connectivity index (χ2n) is 5.55. The third-order valence-electron chi connectivity index (χ3n) is 3.96. The summed E-state index contributed by atoms with van der Waals surface area (Å²) < 4.78 is 5.07. The molecule has 2 N–H and O–H groups in total. The Hall–Kier alpha value is -0.900. The van der Waals surface area contributed by atoms with Gasteiger partial charge in [-0.3, -0.25) is 0 Å². The second-order valence-corrected chi connectivity index (χ2v) is 5.55. The number of nitrogens with zero attached hydrogens (tertiary/aromatic N) is 1. The zero-order valence-corrected chi connectivity index (χ0v) is 11.9. The van der Waals surface area contributed by atoms with Gasteiger partial charge in [0, 0.05) is 32.8 Å². The number of benzene rings is 1. The Morgan fingerprint density at radius 1 is 1.37 bits per heavy atom. The van der Waals surface area contributed by atoms with Gasteiger partial charge in [-0.05, 0) is 37.3 Å². The van der Waals surface area contributed by atoms with Crippen LogP contribution < -0.4 is 5.73 Å². The molecule has 0 aromatic heterocycles. The van der Waals surface area contributed by atoms with Crippen molar-refractivity contribution in [2.75, 3.05) is 33.4 Å². The lowest BCUT2D eigenvalue weighted by Gasteiger charge is -2.21. The Kier molecular flexibility index (Phi) is 5.83. The lowest BCUT2D eigenvalue weighted by Crippen LogP contribution is -2.36. The van der Waals surface area contributed by atoms with Crippen LogP contribution >= 0.6 is 0 Å². The van der Waals surface area contributed by atoms with Gasteiger partial charge in [0.1, 0.15) is 0 Å². The summed E-state index contributed by atoms with van der Waals surface area (Å²) in [5, 5.41) is 0. The van der Waals surface area contributed by atoms with E-state index in [2.05, 4.69) is 35.2 Å². The zero-order valence-electron chi connectivity index (χ0n) is 11.9. The van der Waals surface area contributed by atoms with Crippen molar-refractivity contribution in [1.82, 2.24) is 4.90 Å². The third kappa shape index (κ3) is 4.60. The van der Waals surface area contributed by atoms with Crippen LogP contribution in [0.4, 0.5) is 0 Å². The number of methoxy groups -OCH3 is 1. The third-order valence-corrected chi connectivity index (χ3v) is 3.96. The number of hydrogen-bond donors (Lipinski definition) is 1. The van der Waals surface area contributed by atoms with Gasteiger partial charge in [-0.15, -0.1) is 0 Å². The SMILES string of the molecule is COCCCC(N)CN1CCC(c2ccccc2)C1. The molecule has 1 aliphatic heterocycles. The molecule has 3 nitrogen and oxygen atoms in total. The highest BCUT2D eigenvalue weighted by molar-refractivity contribution is 5.21. The Labute approximate surface area is 116 Å². The minimum atomic E-state index is 0.282. The molecule has 0 radical (unpaired) electrons. The molecule has 1 fully saturated rings. The maximum absolute atomic E-state index is 6.18. The van der Waals surface area contributed by atoms with Crippen molar-refractivity contribution in [3.8, 4) is 0 Å². The summed E-state index contributed by atoms with van der Waals surface area (Å²) in [5.74, 6) is 0.687. The summed E-state index contributed by atoms with van der Waals surface area (Å²) in [6, 6.07) is 11.1. The van der Waals surface area contributed by atoms with Crippen molar-refractivity contribution in [3.63, 3.8) is 0 Å². The van der Waals surface area contributed by atoms with Crippen LogP contribution in [-0.4, -0.2) is 44.3 Å². The molecular formula is C16H26N2O. The van der Waals surface area contributed by atoms with Crippen LogP contribution in [-0.2, 0) is 4.74 Å². The fourth-order valence-corrected chi connectivity index (χ4v) is 2.91. The van der Waals surface area contributed by atoms with Crippen molar-refractivity contribution in [2.24, 2.45) is 5.73 Å². The first-order valence-electron chi connectivity index (χ1n) is 7.31. The van der Waals surface area contributed by atoms with Gasteiger partial charge >= 0.3 is 0 Å². The Morgan fingerprint density at radius 2 is 2.16 bits per heavy atom. The average molecular weight is 262 g/mol. The molecule has 1 aromatic rings. The number of likely N-dealkylation sites (tertiary alicyclic amines) is 1. The second kappa shape index (κ2) is 7.63. The van der Waals surface area contributed by atoms with Gasteiger partial charge in [0.25, 0.3) is 0 Å². The van der Waals surface area contributed by atoms with Gasteiger partial charge in [0.15, 0.2) is 0 Å². The summed E-state index contributed by atoms with van der Waals surface area (Å²) in [6.07, 6.45) is 3.38. The van der Waals surface area contributed by atoms with Gasteiger partial charge < -0.3 is 15.4 Å². The highest BCUT2D eigenvalue weighted by Crippen LogP contribution is 2.26. The van der Waals surface area contributed by atoms with E-state index < -0.39 is 0 Å². The topological polar surface area (TPSA) is 38.5 Å². The van der Waals surface area contributed by atoms with Gasteiger partial charge in [-0.2, -0.15) is 0 Å². The molecule has 0 spiro atoms. The Bertz CT molecular complexity index is 355. The molecule has 1 aromatic carbocycles. The number of rotatable bonds is 7. The normalized spacial score (nSPS) is 21.7. The fourth-order valence-electron chi connectivity index (χ4n) is 2.91. The predicted molar refractivity (Wildman–Crippen MR) is 79.3 cm³/mol. The molecule has 19 heavy (non-hydrogen) atoms. The molecule has 2 unspecified atom stereocenters. The van der Waals surface area contributed by atoms with Crippen LogP contribution in [0.1, 0.15) is 30.7 Å². The summed E-state index contributed by atoms with van der Waals surface area (Å²) in [5.41, 5.74) is 7.65. The van der Waals surface area contributed by atoms with Crippen molar-refractivity contribution >= 4 is 0 Å². The first-order valence-corrected chi connectivity index (χ1v) is 7.31. The van der Waals surface area contributed by atoms with Crippen LogP contribution in [0.3, 0.4) is 0 Å². The first-order chi connectivity index (χ1) is 9.29. The van der Waals surface area contributed by atoms with Gasteiger partial charge in [0.05, 0.1) is 0 Å². The fraction of sp³-hybridized carbons (Fsp3) is 0.625. The average Bonchev–Trinajstić information content (AvgIpc) is 2.88. The van der Waals surface area contributed by atoms with Crippen molar-refractivity contribution < 1.29 is 4.74 Å². The van der Waals surface area contributed by atoms with Gasteiger partial charge in [-0.25, -0.2) is 0 Å². The van der Waals surface area contributed by atoms with Crippen molar-refractivity contribution in [3.05, 3.63) is 35.9 Å². The van der Waals surface area contributed by atoms with Gasteiger partial charge in [0.2, 0.25) is 0 Å². The van der Waals surface area contributed by atoms with Crippen LogP contribution in [0.25, 0.3) is 0 Å². The quantitative estimate of drug-likeness (QED) is 0.766. The maximum Gasteiger partial charge on any atom is 0.0462 e. The molecule has 0 aliphatic carbocycles. The van der Waals surface area contributed by atoms with E-state index in [-0.39, 0.29) is 6.04 Å². The maximum atomic E-state index is 6.18. The van der Waals surface area contributed by atoms with Crippen LogP contribution in [0.2, 0.25) is 0 Å². The number of nitrogens with two attached hydrogens (primary N) is 1. The smallest absolute Gasteiger partial charge is 0.0462 e. The standard InChI is InChI=1S/C16H26N2O/c1-19-11-5-8-16(17)13-18-10-9-15(12-18)14-6-3-2-4-7-14/h2-4,6-7,15-16H,5,8-13,17H2,1H3. The van der Waals surface area contributed by atoms with E-state index in [0.29, 0.717) is 5.92 Å². The molecule has 106 valence electrons. The van der Waals surface area contributed by atoms with Crippen LogP contribution in [0.5, 0.6) is 0 Å².